The van der Waals surface area contributed by atoms with Crippen LogP contribution in [-0.2, 0) is 11.2 Å². The molecule has 1 atom stereocenters. The van der Waals surface area contributed by atoms with E-state index in [1.165, 1.54) is 7.11 Å². The van der Waals surface area contributed by atoms with Crippen LogP contribution in [0.25, 0.3) is 0 Å². The molecular formula is C17H16F2N2O3. The van der Waals surface area contributed by atoms with Crippen molar-refractivity contribution >= 4 is 11.8 Å². The van der Waals surface area contributed by atoms with Crippen molar-refractivity contribution < 1.29 is 23.1 Å². The molecule has 2 rings (SSSR count). The first-order chi connectivity index (χ1) is 11.4. The first kappa shape index (κ1) is 17.4. The summed E-state index contributed by atoms with van der Waals surface area (Å²) >= 11 is 0. The molecule has 0 aliphatic rings. The van der Waals surface area contributed by atoms with Gasteiger partial charge in [0.1, 0.15) is 11.8 Å². The Labute approximate surface area is 137 Å². The Morgan fingerprint density at radius 3 is 2.33 bits per heavy atom. The average molecular weight is 334 g/mol. The minimum absolute atomic E-state index is 0.102. The zero-order valence-electron chi connectivity index (χ0n) is 12.9. The van der Waals surface area contributed by atoms with E-state index >= 15 is 0 Å². The summed E-state index contributed by atoms with van der Waals surface area (Å²) in [5.41, 5.74) is 5.96. The van der Waals surface area contributed by atoms with Crippen molar-refractivity contribution in [2.45, 2.75) is 12.5 Å². The van der Waals surface area contributed by atoms with Gasteiger partial charge in [-0.15, -0.1) is 0 Å². The topological polar surface area (TPSA) is 81.4 Å². The third kappa shape index (κ3) is 4.28. The first-order valence-corrected chi connectivity index (χ1v) is 7.09. The van der Waals surface area contributed by atoms with E-state index < -0.39 is 29.5 Å². The number of hydrogen-bond acceptors (Lipinski definition) is 3. The number of nitrogens with one attached hydrogen (secondary N) is 1. The highest BCUT2D eigenvalue weighted by Gasteiger charge is 2.20. The second-order valence-corrected chi connectivity index (χ2v) is 5.11. The normalized spacial score (nSPS) is 11.6. The first-order valence-electron chi connectivity index (χ1n) is 7.09. The number of halogens is 2. The maximum Gasteiger partial charge on any atom is 0.252 e. The van der Waals surface area contributed by atoms with E-state index in [0.717, 1.165) is 23.8 Å². The second kappa shape index (κ2) is 7.54. The molecule has 7 heteroatoms. The summed E-state index contributed by atoms with van der Waals surface area (Å²) in [5, 5.41) is 2.42. The van der Waals surface area contributed by atoms with Crippen LogP contribution in [0.1, 0.15) is 15.9 Å². The molecule has 2 aromatic rings. The predicted octanol–water partition coefficient (Wildman–Crippen LogP) is 1.80. The van der Waals surface area contributed by atoms with Crippen LogP contribution in [-0.4, -0.2) is 25.0 Å². The molecule has 24 heavy (non-hydrogen) atoms. The number of nitrogens with two attached hydrogens (primary N) is 1. The smallest absolute Gasteiger partial charge is 0.252 e. The van der Waals surface area contributed by atoms with E-state index in [9.17, 15) is 18.4 Å². The van der Waals surface area contributed by atoms with Gasteiger partial charge in [-0.2, -0.15) is 0 Å². The maximum absolute atomic E-state index is 13.2. The molecule has 0 bridgehead atoms. The lowest BCUT2D eigenvalue weighted by atomic mass is 10.0. The number of carbonyl (C=O) groups is 2. The number of carbonyl (C=O) groups excluding carboxylic acids is 2. The lowest BCUT2D eigenvalue weighted by Gasteiger charge is -2.16. The van der Waals surface area contributed by atoms with Gasteiger partial charge in [0.25, 0.3) is 5.91 Å². The highest BCUT2D eigenvalue weighted by Crippen LogP contribution is 2.13. The van der Waals surface area contributed by atoms with Crippen molar-refractivity contribution in [3.63, 3.8) is 0 Å². The summed E-state index contributed by atoms with van der Waals surface area (Å²) in [6, 6.07) is 8.63. The van der Waals surface area contributed by atoms with E-state index in [4.69, 9.17) is 10.5 Å². The Kier molecular flexibility index (Phi) is 5.47. The van der Waals surface area contributed by atoms with Gasteiger partial charge in [-0.25, -0.2) is 8.78 Å². The Hall–Kier alpha value is -2.96. The third-order valence-electron chi connectivity index (χ3n) is 3.43. The number of methoxy groups -OCH3 is 1. The molecule has 0 aromatic heterocycles. The molecule has 0 saturated carbocycles. The van der Waals surface area contributed by atoms with Crippen LogP contribution in [0.4, 0.5) is 8.78 Å². The van der Waals surface area contributed by atoms with Gasteiger partial charge in [-0.3, -0.25) is 9.59 Å². The highest BCUT2D eigenvalue weighted by molar-refractivity contribution is 5.97. The summed E-state index contributed by atoms with van der Waals surface area (Å²) in [6.07, 6.45) is 0.161. The van der Waals surface area contributed by atoms with Crippen molar-refractivity contribution in [1.29, 1.82) is 0 Å². The number of ether oxygens (including phenoxy) is 1. The molecule has 0 aliphatic carbocycles. The number of primary amides is 1. The van der Waals surface area contributed by atoms with Gasteiger partial charge in [0.05, 0.1) is 7.11 Å². The van der Waals surface area contributed by atoms with Crippen molar-refractivity contribution in [1.82, 2.24) is 5.32 Å². The molecule has 0 saturated heterocycles. The van der Waals surface area contributed by atoms with Gasteiger partial charge in [-0.05, 0) is 35.9 Å². The van der Waals surface area contributed by atoms with E-state index in [1.807, 2.05) is 0 Å². The van der Waals surface area contributed by atoms with E-state index in [2.05, 4.69) is 5.32 Å². The Morgan fingerprint density at radius 2 is 1.79 bits per heavy atom. The fourth-order valence-corrected chi connectivity index (χ4v) is 2.10. The van der Waals surface area contributed by atoms with E-state index in [-0.39, 0.29) is 12.0 Å². The average Bonchev–Trinajstić information content (AvgIpc) is 2.57. The van der Waals surface area contributed by atoms with Crippen molar-refractivity contribution in [2.75, 3.05) is 7.11 Å². The summed E-state index contributed by atoms with van der Waals surface area (Å²) in [7, 11) is 1.53. The number of benzene rings is 2. The van der Waals surface area contributed by atoms with Crippen molar-refractivity contribution in [3.8, 4) is 5.75 Å². The molecule has 2 amide bonds. The molecule has 5 nitrogen and oxygen atoms in total. The minimum atomic E-state index is -1.14. The molecule has 126 valence electrons. The van der Waals surface area contributed by atoms with Crippen molar-refractivity contribution in [2.24, 2.45) is 5.73 Å². The Bertz CT molecular complexity index is 748. The number of amides is 2. The van der Waals surface area contributed by atoms with Gasteiger partial charge in [0, 0.05) is 12.0 Å². The molecule has 0 heterocycles. The Balaban J connectivity index is 2.10. The monoisotopic (exact) mass is 334 g/mol. The summed E-state index contributed by atoms with van der Waals surface area (Å²) in [4.78, 5) is 23.6. The summed E-state index contributed by atoms with van der Waals surface area (Å²) in [6.45, 7) is 0. The lowest BCUT2D eigenvalue weighted by molar-refractivity contribution is -0.119. The summed E-state index contributed by atoms with van der Waals surface area (Å²) < 4.78 is 31.1. The van der Waals surface area contributed by atoms with Gasteiger partial charge in [-0.1, -0.05) is 12.1 Å². The largest absolute Gasteiger partial charge is 0.497 e. The van der Waals surface area contributed by atoms with E-state index in [0.29, 0.717) is 5.75 Å². The standard InChI is InChI=1S/C17H16F2N2O3/c1-24-12-5-2-10(3-6-12)8-15(16(20)22)21-17(23)11-4-7-13(18)14(19)9-11/h2-7,9,15H,8H2,1H3,(H2,20,22)(H,21,23)/t15-/m1/s1. The minimum Gasteiger partial charge on any atom is -0.497 e. The molecule has 0 unspecified atom stereocenters. The molecule has 0 fully saturated rings. The SMILES string of the molecule is COc1ccc(C[C@@H](NC(=O)c2ccc(F)c(F)c2)C(N)=O)cc1. The van der Waals surface area contributed by atoms with Gasteiger partial charge in [0.15, 0.2) is 11.6 Å². The lowest BCUT2D eigenvalue weighted by Crippen LogP contribution is -2.45. The molecule has 0 radical (unpaired) electrons. The second-order valence-electron chi connectivity index (χ2n) is 5.11. The van der Waals surface area contributed by atoms with Crippen LogP contribution in [0.2, 0.25) is 0 Å². The van der Waals surface area contributed by atoms with Gasteiger partial charge >= 0.3 is 0 Å². The Morgan fingerprint density at radius 1 is 1.12 bits per heavy atom. The van der Waals surface area contributed by atoms with Crippen LogP contribution < -0.4 is 15.8 Å². The zero-order valence-corrected chi connectivity index (χ0v) is 12.9. The van der Waals surface area contributed by atoms with Crippen LogP contribution >= 0.6 is 0 Å². The van der Waals surface area contributed by atoms with Crippen LogP contribution in [0.3, 0.4) is 0 Å². The van der Waals surface area contributed by atoms with Crippen LogP contribution in [0, 0.1) is 11.6 Å². The maximum atomic E-state index is 13.2. The molecule has 0 spiro atoms. The van der Waals surface area contributed by atoms with E-state index in [1.54, 1.807) is 24.3 Å². The predicted molar refractivity (Wildman–Crippen MR) is 83.5 cm³/mol. The number of rotatable bonds is 6. The quantitative estimate of drug-likeness (QED) is 0.845. The zero-order chi connectivity index (χ0) is 17.7. The van der Waals surface area contributed by atoms with Gasteiger partial charge in [0.2, 0.25) is 5.91 Å². The molecular weight excluding hydrogens is 318 g/mol. The summed E-state index contributed by atoms with van der Waals surface area (Å²) in [5.74, 6) is -3.00. The third-order valence-corrected chi connectivity index (χ3v) is 3.43. The van der Waals surface area contributed by atoms with Crippen LogP contribution in [0.15, 0.2) is 42.5 Å². The number of hydrogen-bond donors (Lipinski definition) is 2. The van der Waals surface area contributed by atoms with Crippen molar-refractivity contribution in [3.05, 3.63) is 65.2 Å². The highest BCUT2D eigenvalue weighted by atomic mass is 19.2. The van der Waals surface area contributed by atoms with Gasteiger partial charge < -0.3 is 15.8 Å². The molecule has 0 aliphatic heterocycles. The van der Waals surface area contributed by atoms with Crippen LogP contribution in [0.5, 0.6) is 5.75 Å². The fraction of sp³-hybridized carbons (Fsp3) is 0.176. The molecule has 3 N–H and O–H groups in total. The fourth-order valence-electron chi connectivity index (χ4n) is 2.10. The molecule has 2 aromatic carbocycles.